The second-order valence-corrected chi connectivity index (χ2v) is 7.72. The van der Waals surface area contributed by atoms with E-state index in [0.717, 1.165) is 18.4 Å². The van der Waals surface area contributed by atoms with Crippen molar-refractivity contribution < 1.29 is 8.42 Å². The number of rotatable bonds is 10. The van der Waals surface area contributed by atoms with Gasteiger partial charge in [-0.1, -0.05) is 45.1 Å². The Hall–Kier alpha value is -0.430. The molecular formula is C15H25BrN2O2S. The van der Waals surface area contributed by atoms with E-state index in [0.29, 0.717) is 17.6 Å². The first-order chi connectivity index (χ1) is 10.0. The van der Waals surface area contributed by atoms with Crippen LogP contribution in [0.15, 0.2) is 27.6 Å². The molecule has 3 N–H and O–H groups in total. The molecule has 0 amide bonds. The summed E-state index contributed by atoms with van der Waals surface area (Å²) < 4.78 is 27.6. The van der Waals surface area contributed by atoms with E-state index < -0.39 is 10.0 Å². The Morgan fingerprint density at radius 2 is 1.81 bits per heavy atom. The zero-order valence-corrected chi connectivity index (χ0v) is 15.0. The first-order valence-corrected chi connectivity index (χ1v) is 9.77. The maximum absolute atomic E-state index is 12.2. The molecule has 1 rings (SSSR count). The molecule has 1 aromatic carbocycles. The van der Waals surface area contributed by atoms with Gasteiger partial charge in [-0.15, -0.1) is 0 Å². The quantitative estimate of drug-likeness (QED) is 0.613. The van der Waals surface area contributed by atoms with E-state index in [9.17, 15) is 8.42 Å². The number of hydrogen-bond donors (Lipinski definition) is 2. The Balaban J connectivity index is 2.46. The number of hydrogen-bond acceptors (Lipinski definition) is 3. The largest absolute Gasteiger partial charge is 0.326 e. The third-order valence-electron chi connectivity index (χ3n) is 3.34. The van der Waals surface area contributed by atoms with Crippen molar-refractivity contribution in [3.63, 3.8) is 0 Å². The lowest BCUT2D eigenvalue weighted by Crippen LogP contribution is -2.25. The molecule has 0 unspecified atom stereocenters. The second-order valence-electron chi connectivity index (χ2n) is 5.13. The van der Waals surface area contributed by atoms with Crippen LogP contribution in [0.4, 0.5) is 0 Å². The summed E-state index contributed by atoms with van der Waals surface area (Å²) in [5.41, 5.74) is 6.44. The van der Waals surface area contributed by atoms with Crippen LogP contribution in [-0.2, 0) is 16.6 Å². The minimum absolute atomic E-state index is 0.269. The molecule has 0 saturated heterocycles. The van der Waals surface area contributed by atoms with Gasteiger partial charge in [0.05, 0.1) is 4.90 Å². The second kappa shape index (κ2) is 9.56. The molecule has 6 heteroatoms. The van der Waals surface area contributed by atoms with Crippen LogP contribution in [0, 0.1) is 0 Å². The van der Waals surface area contributed by atoms with Gasteiger partial charge in [0.1, 0.15) is 0 Å². The fourth-order valence-electron chi connectivity index (χ4n) is 2.08. The maximum atomic E-state index is 12.2. The van der Waals surface area contributed by atoms with Crippen molar-refractivity contribution in [1.29, 1.82) is 0 Å². The Morgan fingerprint density at radius 1 is 1.14 bits per heavy atom. The molecule has 1 aromatic rings. The molecule has 21 heavy (non-hydrogen) atoms. The van der Waals surface area contributed by atoms with Crippen LogP contribution in [0.3, 0.4) is 0 Å². The van der Waals surface area contributed by atoms with Crippen molar-refractivity contribution in [2.45, 2.75) is 56.9 Å². The van der Waals surface area contributed by atoms with Crippen LogP contribution in [-0.4, -0.2) is 15.0 Å². The highest BCUT2D eigenvalue weighted by Crippen LogP contribution is 2.23. The molecule has 0 heterocycles. The van der Waals surface area contributed by atoms with E-state index in [1.807, 2.05) is 0 Å². The van der Waals surface area contributed by atoms with E-state index in [4.69, 9.17) is 5.73 Å². The maximum Gasteiger partial charge on any atom is 0.241 e. The molecule has 0 aromatic heterocycles. The van der Waals surface area contributed by atoms with E-state index >= 15 is 0 Å². The average Bonchev–Trinajstić information content (AvgIpc) is 2.45. The van der Waals surface area contributed by atoms with Gasteiger partial charge in [0.2, 0.25) is 10.0 Å². The van der Waals surface area contributed by atoms with Crippen LogP contribution in [0.25, 0.3) is 0 Å². The van der Waals surface area contributed by atoms with Gasteiger partial charge in [-0.3, -0.25) is 0 Å². The Bertz CT molecular complexity index is 532. The first-order valence-electron chi connectivity index (χ1n) is 7.49. The summed E-state index contributed by atoms with van der Waals surface area (Å²) in [5, 5.41) is 0. The predicted octanol–water partition coefficient (Wildman–Crippen LogP) is 3.55. The number of halogens is 1. The van der Waals surface area contributed by atoms with Gasteiger partial charge in [-0.2, -0.15) is 0 Å². The summed E-state index contributed by atoms with van der Waals surface area (Å²) >= 11 is 3.30. The number of nitrogens with one attached hydrogen (secondary N) is 1. The average molecular weight is 377 g/mol. The molecule has 4 nitrogen and oxygen atoms in total. The highest BCUT2D eigenvalue weighted by molar-refractivity contribution is 9.10. The van der Waals surface area contributed by atoms with Crippen molar-refractivity contribution in [1.82, 2.24) is 4.72 Å². The van der Waals surface area contributed by atoms with Gasteiger partial charge in [0.15, 0.2) is 0 Å². The Kier molecular flexibility index (Phi) is 8.48. The molecule has 0 aliphatic rings. The monoisotopic (exact) mass is 376 g/mol. The summed E-state index contributed by atoms with van der Waals surface area (Å²) in [6.45, 7) is 3.06. The van der Waals surface area contributed by atoms with Crippen molar-refractivity contribution >= 4 is 26.0 Å². The van der Waals surface area contributed by atoms with Crippen molar-refractivity contribution in [2.24, 2.45) is 5.73 Å². The first kappa shape index (κ1) is 18.6. The van der Waals surface area contributed by atoms with E-state index in [1.165, 1.54) is 25.7 Å². The summed E-state index contributed by atoms with van der Waals surface area (Å²) in [7, 11) is -3.45. The smallest absolute Gasteiger partial charge is 0.241 e. The number of unbranched alkanes of at least 4 members (excludes halogenated alkanes) is 5. The summed E-state index contributed by atoms with van der Waals surface area (Å²) in [4.78, 5) is 0.269. The highest BCUT2D eigenvalue weighted by atomic mass is 79.9. The van der Waals surface area contributed by atoms with Gasteiger partial charge < -0.3 is 5.73 Å². The Labute approximate surface area is 136 Å². The molecular weight excluding hydrogens is 352 g/mol. The van der Waals surface area contributed by atoms with Crippen LogP contribution >= 0.6 is 15.9 Å². The highest BCUT2D eigenvalue weighted by Gasteiger charge is 2.16. The van der Waals surface area contributed by atoms with Crippen molar-refractivity contribution in [3.05, 3.63) is 28.2 Å². The fourth-order valence-corrected chi connectivity index (χ4v) is 4.28. The summed E-state index contributed by atoms with van der Waals surface area (Å²) in [5.74, 6) is 0. The number of benzene rings is 1. The van der Waals surface area contributed by atoms with Crippen LogP contribution in [0.2, 0.25) is 0 Å². The normalized spacial score (nSPS) is 11.8. The fraction of sp³-hybridized carbons (Fsp3) is 0.600. The van der Waals surface area contributed by atoms with E-state index in [1.54, 1.807) is 18.2 Å². The lowest BCUT2D eigenvalue weighted by molar-refractivity contribution is 0.567. The zero-order chi connectivity index (χ0) is 15.7. The third kappa shape index (κ3) is 6.46. The number of nitrogens with two attached hydrogens (primary N) is 1. The van der Waals surface area contributed by atoms with Crippen molar-refractivity contribution in [3.8, 4) is 0 Å². The van der Waals surface area contributed by atoms with Gasteiger partial charge in [0, 0.05) is 17.6 Å². The minimum atomic E-state index is -3.45. The molecule has 0 radical (unpaired) electrons. The number of sulfonamides is 1. The standard InChI is InChI=1S/C15H25BrN2O2S/c1-2-3-4-5-6-7-10-18-21(19,20)15-9-8-13(12-17)11-14(15)16/h8-9,11,18H,2-7,10,12,17H2,1H3. The van der Waals surface area contributed by atoms with Gasteiger partial charge >= 0.3 is 0 Å². The minimum Gasteiger partial charge on any atom is -0.326 e. The molecule has 0 bridgehead atoms. The topological polar surface area (TPSA) is 72.2 Å². The van der Waals surface area contributed by atoms with Crippen LogP contribution in [0.5, 0.6) is 0 Å². The zero-order valence-electron chi connectivity index (χ0n) is 12.6. The molecule has 120 valence electrons. The van der Waals surface area contributed by atoms with Crippen LogP contribution < -0.4 is 10.5 Å². The lowest BCUT2D eigenvalue weighted by Gasteiger charge is -2.09. The van der Waals surface area contributed by atoms with Gasteiger partial charge in [0.25, 0.3) is 0 Å². The molecule has 0 spiro atoms. The SMILES string of the molecule is CCCCCCCCNS(=O)(=O)c1ccc(CN)cc1Br. The Morgan fingerprint density at radius 3 is 2.43 bits per heavy atom. The van der Waals surface area contributed by atoms with E-state index in [-0.39, 0.29) is 4.90 Å². The molecule has 0 saturated carbocycles. The summed E-state index contributed by atoms with van der Waals surface area (Å²) in [6, 6.07) is 5.08. The third-order valence-corrected chi connectivity index (χ3v) is 5.78. The summed E-state index contributed by atoms with van der Waals surface area (Å²) in [6.07, 6.45) is 6.82. The van der Waals surface area contributed by atoms with Crippen molar-refractivity contribution in [2.75, 3.05) is 6.54 Å². The molecule has 0 fully saturated rings. The molecule has 0 aliphatic heterocycles. The molecule has 0 atom stereocenters. The van der Waals surface area contributed by atoms with Gasteiger partial charge in [-0.25, -0.2) is 13.1 Å². The predicted molar refractivity (Wildman–Crippen MR) is 90.6 cm³/mol. The van der Waals surface area contributed by atoms with Gasteiger partial charge in [-0.05, 0) is 40.0 Å². The molecule has 0 aliphatic carbocycles. The van der Waals surface area contributed by atoms with E-state index in [2.05, 4.69) is 27.6 Å². The van der Waals surface area contributed by atoms with Crippen LogP contribution in [0.1, 0.15) is 51.0 Å². The lowest BCUT2D eigenvalue weighted by atomic mass is 10.1.